The summed E-state index contributed by atoms with van der Waals surface area (Å²) in [5, 5.41) is 11.9. The van der Waals surface area contributed by atoms with Crippen LogP contribution in [0.3, 0.4) is 0 Å². The summed E-state index contributed by atoms with van der Waals surface area (Å²) in [5.41, 5.74) is 0. The van der Waals surface area contributed by atoms with Gasteiger partial charge in [-0.25, -0.2) is 0 Å². The Balaban J connectivity index is 1.47. The SMILES string of the molecule is O=C(N[C@H]1CC[C@@H](C(=O)O)C1)C1CC(=O)N(CC2CC2)C1. The fourth-order valence-corrected chi connectivity index (χ4v) is 3.39. The predicted octanol–water partition coefficient (Wildman–Crippen LogP) is 0.614. The molecule has 2 saturated carbocycles. The molecule has 2 N–H and O–H groups in total. The lowest BCUT2D eigenvalue weighted by Crippen LogP contribution is -2.39. The van der Waals surface area contributed by atoms with Crippen molar-refractivity contribution in [1.29, 1.82) is 0 Å². The molecule has 0 aromatic heterocycles. The van der Waals surface area contributed by atoms with Gasteiger partial charge >= 0.3 is 5.97 Å². The molecule has 2 aliphatic carbocycles. The zero-order valence-electron chi connectivity index (χ0n) is 12.1. The van der Waals surface area contributed by atoms with Crippen molar-refractivity contribution >= 4 is 17.8 Å². The second kappa shape index (κ2) is 5.66. The molecule has 0 spiro atoms. The van der Waals surface area contributed by atoms with Gasteiger partial charge in [-0.3, -0.25) is 14.4 Å². The molecule has 1 saturated heterocycles. The number of carbonyl (C=O) groups is 3. The van der Waals surface area contributed by atoms with Crippen molar-refractivity contribution in [1.82, 2.24) is 10.2 Å². The average Bonchev–Trinajstić information content (AvgIpc) is 2.98. The van der Waals surface area contributed by atoms with Crippen molar-refractivity contribution in [2.75, 3.05) is 13.1 Å². The first-order chi connectivity index (χ1) is 10.0. The molecule has 0 aromatic carbocycles. The van der Waals surface area contributed by atoms with Crippen molar-refractivity contribution in [3.05, 3.63) is 0 Å². The van der Waals surface area contributed by atoms with Crippen LogP contribution in [0.1, 0.15) is 38.5 Å². The van der Waals surface area contributed by atoms with E-state index in [1.165, 1.54) is 12.8 Å². The molecular weight excluding hydrogens is 272 g/mol. The number of carboxylic acid groups (broad SMARTS) is 1. The highest BCUT2D eigenvalue weighted by atomic mass is 16.4. The van der Waals surface area contributed by atoms with E-state index in [9.17, 15) is 14.4 Å². The zero-order valence-corrected chi connectivity index (χ0v) is 12.1. The Morgan fingerprint density at radius 1 is 1.19 bits per heavy atom. The number of carbonyl (C=O) groups excluding carboxylic acids is 2. The maximum absolute atomic E-state index is 12.2. The minimum atomic E-state index is -0.779. The van der Waals surface area contributed by atoms with E-state index >= 15 is 0 Å². The van der Waals surface area contributed by atoms with Gasteiger partial charge in [0.25, 0.3) is 0 Å². The Bertz CT molecular complexity index is 461. The lowest BCUT2D eigenvalue weighted by Gasteiger charge is -2.18. The van der Waals surface area contributed by atoms with Crippen molar-refractivity contribution in [2.45, 2.75) is 44.6 Å². The van der Waals surface area contributed by atoms with Gasteiger partial charge in [0.05, 0.1) is 11.8 Å². The van der Waals surface area contributed by atoms with Gasteiger partial charge in [0.1, 0.15) is 0 Å². The Kier molecular flexibility index (Phi) is 3.87. The van der Waals surface area contributed by atoms with Gasteiger partial charge < -0.3 is 15.3 Å². The molecule has 0 bridgehead atoms. The monoisotopic (exact) mass is 294 g/mol. The summed E-state index contributed by atoms with van der Waals surface area (Å²) in [6, 6.07) is -0.0498. The van der Waals surface area contributed by atoms with E-state index in [0.29, 0.717) is 31.7 Å². The molecule has 3 atom stereocenters. The lowest BCUT2D eigenvalue weighted by molar-refractivity contribution is -0.141. The maximum atomic E-state index is 12.2. The molecule has 3 aliphatic rings. The first kappa shape index (κ1) is 14.4. The van der Waals surface area contributed by atoms with Crippen molar-refractivity contribution in [2.24, 2.45) is 17.8 Å². The van der Waals surface area contributed by atoms with Crippen LogP contribution in [0.2, 0.25) is 0 Å². The molecule has 3 fully saturated rings. The first-order valence-electron chi connectivity index (χ1n) is 7.84. The van der Waals surface area contributed by atoms with Gasteiger partial charge in [-0.1, -0.05) is 0 Å². The van der Waals surface area contributed by atoms with E-state index in [4.69, 9.17) is 5.11 Å². The van der Waals surface area contributed by atoms with Crippen LogP contribution in [-0.2, 0) is 14.4 Å². The fourth-order valence-electron chi connectivity index (χ4n) is 3.39. The van der Waals surface area contributed by atoms with Crippen LogP contribution < -0.4 is 5.32 Å². The second-order valence-corrected chi connectivity index (χ2v) is 6.70. The smallest absolute Gasteiger partial charge is 0.306 e. The van der Waals surface area contributed by atoms with Gasteiger partial charge in [-0.15, -0.1) is 0 Å². The van der Waals surface area contributed by atoms with E-state index in [-0.39, 0.29) is 29.7 Å². The largest absolute Gasteiger partial charge is 0.481 e. The number of nitrogens with zero attached hydrogens (tertiary/aromatic N) is 1. The van der Waals surface area contributed by atoms with Gasteiger partial charge in [0, 0.05) is 25.6 Å². The molecule has 2 amide bonds. The number of hydrogen-bond donors (Lipinski definition) is 2. The van der Waals surface area contributed by atoms with Gasteiger partial charge in [-0.2, -0.15) is 0 Å². The molecule has 0 radical (unpaired) electrons. The molecule has 3 rings (SSSR count). The summed E-state index contributed by atoms with van der Waals surface area (Å²) in [7, 11) is 0. The topological polar surface area (TPSA) is 86.7 Å². The number of amides is 2. The molecule has 21 heavy (non-hydrogen) atoms. The number of hydrogen-bond acceptors (Lipinski definition) is 3. The van der Waals surface area contributed by atoms with Gasteiger partial charge in [0.15, 0.2) is 0 Å². The third-order valence-corrected chi connectivity index (χ3v) is 4.89. The van der Waals surface area contributed by atoms with Crippen LogP contribution in [0.15, 0.2) is 0 Å². The summed E-state index contributed by atoms with van der Waals surface area (Å²) < 4.78 is 0. The molecule has 6 nitrogen and oxygen atoms in total. The fraction of sp³-hybridized carbons (Fsp3) is 0.800. The van der Waals surface area contributed by atoms with E-state index in [1.807, 2.05) is 4.90 Å². The number of nitrogens with one attached hydrogen (secondary N) is 1. The van der Waals surface area contributed by atoms with Crippen LogP contribution in [0.4, 0.5) is 0 Å². The number of rotatable bonds is 5. The quantitative estimate of drug-likeness (QED) is 0.778. The molecule has 1 aliphatic heterocycles. The Morgan fingerprint density at radius 2 is 1.95 bits per heavy atom. The standard InChI is InChI=1S/C15H22N2O4/c18-13-6-11(8-17(13)7-9-1-2-9)14(19)16-12-4-3-10(5-12)15(20)21/h9-12H,1-8H2,(H,16,19)(H,20,21)/t10-,11?,12+/m1/s1. The minimum absolute atomic E-state index is 0.0498. The summed E-state index contributed by atoms with van der Waals surface area (Å²) in [6.45, 7) is 1.32. The van der Waals surface area contributed by atoms with Crippen LogP contribution in [-0.4, -0.2) is 46.9 Å². The predicted molar refractivity (Wildman–Crippen MR) is 74.3 cm³/mol. The molecule has 1 heterocycles. The van der Waals surface area contributed by atoms with Crippen LogP contribution in [0.5, 0.6) is 0 Å². The summed E-state index contributed by atoms with van der Waals surface area (Å²) >= 11 is 0. The summed E-state index contributed by atoms with van der Waals surface area (Å²) in [5.74, 6) is -0.748. The van der Waals surface area contributed by atoms with Gasteiger partial charge in [-0.05, 0) is 38.0 Å². The van der Waals surface area contributed by atoms with Crippen molar-refractivity contribution in [3.8, 4) is 0 Å². The summed E-state index contributed by atoms with van der Waals surface area (Å²) in [6.07, 6.45) is 4.53. The molecule has 1 unspecified atom stereocenters. The second-order valence-electron chi connectivity index (χ2n) is 6.70. The highest BCUT2D eigenvalue weighted by molar-refractivity contribution is 5.89. The van der Waals surface area contributed by atoms with Gasteiger partial charge in [0.2, 0.25) is 11.8 Å². The first-order valence-corrected chi connectivity index (χ1v) is 7.84. The lowest BCUT2D eigenvalue weighted by atomic mass is 10.1. The van der Waals surface area contributed by atoms with Crippen molar-refractivity contribution < 1.29 is 19.5 Å². The van der Waals surface area contributed by atoms with Crippen molar-refractivity contribution in [3.63, 3.8) is 0 Å². The maximum Gasteiger partial charge on any atom is 0.306 e. The molecule has 0 aromatic rings. The summed E-state index contributed by atoms with van der Waals surface area (Å²) in [4.78, 5) is 36.9. The van der Waals surface area contributed by atoms with E-state index < -0.39 is 5.97 Å². The van der Waals surface area contributed by atoms with Crippen LogP contribution >= 0.6 is 0 Å². The molecule has 116 valence electrons. The van der Waals surface area contributed by atoms with E-state index in [1.54, 1.807) is 0 Å². The number of carboxylic acids is 1. The Morgan fingerprint density at radius 3 is 2.57 bits per heavy atom. The Hall–Kier alpha value is -1.59. The normalized spacial score (nSPS) is 32.5. The third kappa shape index (κ3) is 3.36. The number of aliphatic carboxylic acids is 1. The molecular formula is C15H22N2O4. The van der Waals surface area contributed by atoms with E-state index in [2.05, 4.69) is 5.32 Å². The Labute approximate surface area is 123 Å². The van der Waals surface area contributed by atoms with Crippen LogP contribution in [0.25, 0.3) is 0 Å². The minimum Gasteiger partial charge on any atom is -0.481 e. The van der Waals surface area contributed by atoms with E-state index in [0.717, 1.165) is 13.0 Å². The molecule has 6 heteroatoms. The highest BCUT2D eigenvalue weighted by Crippen LogP contribution is 2.32. The number of likely N-dealkylation sites (tertiary alicyclic amines) is 1. The zero-order chi connectivity index (χ0) is 15.0. The van der Waals surface area contributed by atoms with Crippen LogP contribution in [0, 0.1) is 17.8 Å². The third-order valence-electron chi connectivity index (χ3n) is 4.89. The average molecular weight is 294 g/mol. The highest BCUT2D eigenvalue weighted by Gasteiger charge is 2.38.